The molecule has 4 atom stereocenters. The highest BCUT2D eigenvalue weighted by molar-refractivity contribution is 8.05. The summed E-state index contributed by atoms with van der Waals surface area (Å²) in [7, 11) is 0. The molecule has 0 radical (unpaired) electrons. The van der Waals surface area contributed by atoms with Crippen molar-refractivity contribution in [2.75, 3.05) is 24.3 Å². The maximum absolute atomic E-state index is 13.4. The normalized spacial score (nSPS) is 19.2. The fourth-order valence-corrected chi connectivity index (χ4v) is 6.27. The van der Waals surface area contributed by atoms with E-state index in [4.69, 9.17) is 29.5 Å². The number of nitrogens with one attached hydrogen (secondary N) is 1. The summed E-state index contributed by atoms with van der Waals surface area (Å²) < 4.78 is 23.9. The van der Waals surface area contributed by atoms with Crippen LogP contribution in [0.1, 0.15) is 46.4 Å². The number of ether oxygens (including phenoxy) is 4. The lowest BCUT2D eigenvalue weighted by molar-refractivity contribution is -0.200. The number of amides is 2. The maximum atomic E-state index is 13.4. The molecule has 0 saturated carbocycles. The summed E-state index contributed by atoms with van der Waals surface area (Å²) in [6, 6.07) is -1.13. The zero-order valence-corrected chi connectivity index (χ0v) is 26.7. The van der Waals surface area contributed by atoms with Gasteiger partial charge in [0.1, 0.15) is 17.1 Å². The minimum Gasteiger partial charge on any atom is -0.460 e. The van der Waals surface area contributed by atoms with Crippen LogP contribution in [0.4, 0.5) is 5.13 Å². The Balaban J connectivity index is 1.81. The third-order valence-electron chi connectivity index (χ3n) is 5.63. The molecule has 17 nitrogen and oxygen atoms in total. The predicted molar refractivity (Wildman–Crippen MR) is 156 cm³/mol. The van der Waals surface area contributed by atoms with Crippen LogP contribution < -0.4 is 11.1 Å². The number of oxime groups is 1. The summed E-state index contributed by atoms with van der Waals surface area (Å²) in [6.07, 6.45) is -1.43. The topological polar surface area (TPSA) is 228 Å². The van der Waals surface area contributed by atoms with Gasteiger partial charge in [0.2, 0.25) is 17.8 Å². The lowest BCUT2D eigenvalue weighted by Crippen LogP contribution is -2.71. The number of nitrogens with two attached hydrogens (primary N) is 1. The van der Waals surface area contributed by atoms with Crippen LogP contribution in [0.5, 0.6) is 0 Å². The fraction of sp³-hybridized carbons (Fsp3) is 0.542. The van der Waals surface area contributed by atoms with Crippen LogP contribution in [0.25, 0.3) is 0 Å². The van der Waals surface area contributed by atoms with E-state index in [1.54, 1.807) is 13.2 Å². The molecule has 2 aliphatic rings. The van der Waals surface area contributed by atoms with Gasteiger partial charge in [-0.1, -0.05) is 19.0 Å². The second kappa shape index (κ2) is 15.7. The molecule has 2 amide bonds. The molecule has 44 heavy (non-hydrogen) atoms. The number of rotatable bonds is 14. The Morgan fingerprint density at radius 1 is 1.14 bits per heavy atom. The molecule has 0 aromatic carbocycles. The number of thioether (sulfide) groups is 2. The van der Waals surface area contributed by atoms with E-state index in [0.717, 1.165) is 11.5 Å². The Kier molecular flexibility index (Phi) is 12.3. The third kappa shape index (κ3) is 8.17. The van der Waals surface area contributed by atoms with Crippen molar-refractivity contribution in [1.29, 1.82) is 0 Å². The number of carbonyl (C=O) groups is 6. The second-order valence-corrected chi connectivity index (χ2v) is 11.4. The molecule has 1 aromatic rings. The summed E-state index contributed by atoms with van der Waals surface area (Å²) in [5, 5.41) is 5.44. The van der Waals surface area contributed by atoms with E-state index < -0.39 is 65.4 Å². The number of carbonyl (C=O) groups excluding carboxylic acids is 6. The molecule has 3 heterocycles. The van der Waals surface area contributed by atoms with Crippen molar-refractivity contribution >= 4 is 81.6 Å². The first-order valence-electron chi connectivity index (χ1n) is 13.1. The molecule has 20 heteroatoms. The van der Waals surface area contributed by atoms with Gasteiger partial charge in [0.05, 0.1) is 6.61 Å². The summed E-state index contributed by atoms with van der Waals surface area (Å²) in [5.74, 6) is -4.94. The highest BCUT2D eigenvalue weighted by Crippen LogP contribution is 2.43. The van der Waals surface area contributed by atoms with Crippen LogP contribution in [0, 0.1) is 0 Å². The number of hydrogen-bond donors (Lipinski definition) is 2. The van der Waals surface area contributed by atoms with Crippen LogP contribution in [-0.2, 0) is 52.6 Å². The van der Waals surface area contributed by atoms with Crippen LogP contribution in [0.2, 0.25) is 0 Å². The van der Waals surface area contributed by atoms with Crippen molar-refractivity contribution in [1.82, 2.24) is 19.6 Å². The first-order valence-corrected chi connectivity index (χ1v) is 16.1. The predicted octanol–water partition coefficient (Wildman–Crippen LogP) is 0.500. The summed E-state index contributed by atoms with van der Waals surface area (Å²) in [4.78, 5) is 86.1. The summed E-state index contributed by atoms with van der Waals surface area (Å²) in [6.45, 7) is 5.91. The van der Waals surface area contributed by atoms with Crippen molar-refractivity contribution in [2.24, 2.45) is 5.16 Å². The van der Waals surface area contributed by atoms with Gasteiger partial charge >= 0.3 is 30.2 Å². The number of esters is 4. The van der Waals surface area contributed by atoms with Crippen molar-refractivity contribution in [3.8, 4) is 0 Å². The Morgan fingerprint density at radius 2 is 1.82 bits per heavy atom. The zero-order chi connectivity index (χ0) is 32.6. The fourth-order valence-electron chi connectivity index (χ4n) is 3.59. The standard InChI is InChI=1S/C24H30N6O11S3/c1-6-12(31)38-10(4)39-21(35)16-11(42-5)9-43-20-15(19(34)30(16)20)26-18(33)14(17-27-24(25)44-29-17)28-41-23(22(36)37-8-3)40-13(32)7-2/h10,15,20,23H,6-9H2,1-5H3,(H,26,33)(H2,25,27,29)/b28-14+/t10?,15?,20-,23?/m1/s1. The quantitative estimate of drug-likeness (QED) is 0.0683. The minimum atomic E-state index is -1.95. The zero-order valence-electron chi connectivity index (χ0n) is 24.2. The Morgan fingerprint density at radius 3 is 2.41 bits per heavy atom. The van der Waals surface area contributed by atoms with E-state index in [9.17, 15) is 28.8 Å². The third-order valence-corrected chi connectivity index (χ3v) is 8.47. The lowest BCUT2D eigenvalue weighted by atomic mass is 10.0. The van der Waals surface area contributed by atoms with E-state index in [0.29, 0.717) is 10.7 Å². The van der Waals surface area contributed by atoms with E-state index in [-0.39, 0.29) is 36.1 Å². The molecule has 0 spiro atoms. The first kappa shape index (κ1) is 34.6. The Bertz CT molecular complexity index is 1370. The number of nitrogens with zero attached hydrogens (tertiary/aromatic N) is 4. The largest absolute Gasteiger partial charge is 0.460 e. The second-order valence-electron chi connectivity index (χ2n) is 8.58. The molecule has 240 valence electrons. The summed E-state index contributed by atoms with van der Waals surface area (Å²) in [5.41, 5.74) is 5.05. The number of fused-ring (bicyclic) bond motifs is 1. The molecule has 3 rings (SSSR count). The summed E-state index contributed by atoms with van der Waals surface area (Å²) >= 11 is 3.26. The van der Waals surface area contributed by atoms with Crippen LogP contribution in [0.3, 0.4) is 0 Å². The number of hydrogen-bond acceptors (Lipinski definition) is 18. The average molecular weight is 675 g/mol. The van der Waals surface area contributed by atoms with Crippen molar-refractivity contribution < 1.29 is 52.6 Å². The smallest absolute Gasteiger partial charge is 0.391 e. The Labute approximate surface area is 263 Å². The number of β-lactam (4-membered cyclic amide) rings is 1. The molecule has 1 fully saturated rings. The first-order chi connectivity index (χ1) is 20.9. The highest BCUT2D eigenvalue weighted by atomic mass is 32.2. The van der Waals surface area contributed by atoms with Crippen molar-refractivity contribution in [2.45, 2.75) is 64.5 Å². The Hall–Kier alpha value is -3.91. The van der Waals surface area contributed by atoms with E-state index in [1.807, 2.05) is 0 Å². The van der Waals surface area contributed by atoms with Gasteiger partial charge in [0.25, 0.3) is 11.8 Å². The van der Waals surface area contributed by atoms with Gasteiger partial charge in [-0.15, -0.1) is 23.5 Å². The van der Waals surface area contributed by atoms with Crippen molar-refractivity contribution in [3.63, 3.8) is 0 Å². The van der Waals surface area contributed by atoms with E-state index in [1.165, 1.54) is 49.2 Å². The lowest BCUT2D eigenvalue weighted by Gasteiger charge is -2.49. The SMILES string of the molecule is CCOC(=O)C(O/N=C(/C(=O)NC1C(=O)N2C(C(=O)OC(C)OC(=O)CC)=C(SC)CS[C@H]12)c1nsc(N)n1)OC(=O)CC. The van der Waals surface area contributed by atoms with Gasteiger partial charge in [-0.25, -0.2) is 9.59 Å². The van der Waals surface area contributed by atoms with Gasteiger partial charge in [-0.05, 0) is 13.2 Å². The molecule has 0 aliphatic carbocycles. The maximum Gasteiger partial charge on any atom is 0.391 e. The molecule has 3 N–H and O–H groups in total. The average Bonchev–Trinajstić information content (AvgIpc) is 3.43. The van der Waals surface area contributed by atoms with Gasteiger partial charge in [-0.2, -0.15) is 9.36 Å². The molecular formula is C24H30N6O11S3. The van der Waals surface area contributed by atoms with Crippen LogP contribution in [-0.4, -0.2) is 98.3 Å². The van der Waals surface area contributed by atoms with Gasteiger partial charge in [-0.3, -0.25) is 24.1 Å². The van der Waals surface area contributed by atoms with E-state index in [2.05, 4.69) is 19.8 Å². The number of aromatic nitrogens is 2. The number of nitrogen functional groups attached to an aromatic ring is 1. The molecule has 2 aliphatic heterocycles. The number of anilines is 1. The van der Waals surface area contributed by atoms with Gasteiger partial charge in [0, 0.05) is 42.0 Å². The molecule has 1 saturated heterocycles. The molecular weight excluding hydrogens is 644 g/mol. The molecule has 0 bridgehead atoms. The van der Waals surface area contributed by atoms with Crippen LogP contribution >= 0.6 is 35.1 Å². The molecule has 3 unspecified atom stereocenters. The minimum absolute atomic E-state index is 0.0229. The van der Waals surface area contributed by atoms with Crippen molar-refractivity contribution in [3.05, 3.63) is 16.4 Å². The highest BCUT2D eigenvalue weighted by Gasteiger charge is 2.55. The molecule has 1 aromatic heterocycles. The van der Waals surface area contributed by atoms with Crippen LogP contribution in [0.15, 0.2) is 15.8 Å². The van der Waals surface area contributed by atoms with E-state index >= 15 is 0 Å². The monoisotopic (exact) mass is 674 g/mol. The van der Waals surface area contributed by atoms with Gasteiger partial charge < -0.3 is 34.8 Å². The van der Waals surface area contributed by atoms with Gasteiger partial charge in [0.15, 0.2) is 5.13 Å².